The number of benzene rings is 1. The molecule has 0 bridgehead atoms. The molecular formula is C12H10ClN3O2S2. The average molecular weight is 328 g/mol. The molecule has 0 amide bonds. The number of pyridine rings is 1. The molecule has 0 saturated heterocycles. The number of hydrogen-bond acceptors (Lipinski definition) is 4. The highest BCUT2D eigenvalue weighted by Crippen LogP contribution is 2.25. The van der Waals surface area contributed by atoms with E-state index in [1.54, 1.807) is 6.07 Å². The highest BCUT2D eigenvalue weighted by Gasteiger charge is 2.16. The summed E-state index contributed by atoms with van der Waals surface area (Å²) in [6.45, 7) is 0. The summed E-state index contributed by atoms with van der Waals surface area (Å²) in [6, 6.07) is 7.59. The minimum atomic E-state index is -3.76. The molecule has 5 nitrogen and oxygen atoms in total. The maximum atomic E-state index is 12.2. The molecule has 0 aliphatic heterocycles. The number of anilines is 1. The minimum Gasteiger partial charge on any atom is -0.389 e. The molecule has 3 N–H and O–H groups in total. The van der Waals surface area contributed by atoms with E-state index in [1.807, 2.05) is 0 Å². The van der Waals surface area contributed by atoms with Gasteiger partial charge in [-0.15, -0.1) is 0 Å². The molecule has 0 fully saturated rings. The third-order valence-electron chi connectivity index (χ3n) is 2.44. The van der Waals surface area contributed by atoms with Crippen LogP contribution in [-0.4, -0.2) is 18.4 Å². The van der Waals surface area contributed by atoms with Crippen molar-refractivity contribution in [1.82, 2.24) is 4.98 Å². The Hall–Kier alpha value is -1.70. The van der Waals surface area contributed by atoms with E-state index in [0.29, 0.717) is 5.56 Å². The molecule has 1 aromatic carbocycles. The molecule has 0 aliphatic rings. The van der Waals surface area contributed by atoms with E-state index in [4.69, 9.17) is 29.6 Å². The van der Waals surface area contributed by atoms with E-state index in [-0.39, 0.29) is 20.6 Å². The molecule has 0 spiro atoms. The molecule has 8 heteroatoms. The lowest BCUT2D eigenvalue weighted by molar-refractivity contribution is 0.601. The van der Waals surface area contributed by atoms with Crippen molar-refractivity contribution in [2.75, 3.05) is 4.72 Å². The zero-order valence-corrected chi connectivity index (χ0v) is 12.5. The number of halogens is 1. The van der Waals surface area contributed by atoms with Crippen LogP contribution in [0.25, 0.3) is 0 Å². The first kappa shape index (κ1) is 14.7. The van der Waals surface area contributed by atoms with Crippen molar-refractivity contribution in [3.05, 3.63) is 53.3 Å². The van der Waals surface area contributed by atoms with Gasteiger partial charge in [0.2, 0.25) is 0 Å². The van der Waals surface area contributed by atoms with Gasteiger partial charge in [-0.25, -0.2) is 8.42 Å². The van der Waals surface area contributed by atoms with Crippen LogP contribution in [0.15, 0.2) is 47.6 Å². The van der Waals surface area contributed by atoms with Crippen LogP contribution in [0.4, 0.5) is 5.69 Å². The predicted molar refractivity (Wildman–Crippen MR) is 82.4 cm³/mol. The summed E-state index contributed by atoms with van der Waals surface area (Å²) in [5.74, 6) is 0. The van der Waals surface area contributed by atoms with Crippen molar-refractivity contribution in [3.8, 4) is 0 Å². The number of sulfonamides is 1. The molecule has 2 rings (SSSR count). The van der Waals surface area contributed by atoms with Gasteiger partial charge in [0.1, 0.15) is 9.88 Å². The Morgan fingerprint density at radius 3 is 2.70 bits per heavy atom. The molecule has 0 aliphatic carbocycles. The highest BCUT2D eigenvalue weighted by molar-refractivity contribution is 7.92. The summed E-state index contributed by atoms with van der Waals surface area (Å²) in [4.78, 5) is 3.96. The lowest BCUT2D eigenvalue weighted by atomic mass is 10.2. The standard InChI is InChI=1S/C12H10ClN3O2S2/c13-10-4-3-8(12(14)19)6-11(10)16-20(17,18)9-2-1-5-15-7-9/h1-7,16H,(H2,14,19). The maximum Gasteiger partial charge on any atom is 0.263 e. The van der Waals surface area contributed by atoms with E-state index in [0.717, 1.165) is 0 Å². The molecule has 0 saturated carbocycles. The van der Waals surface area contributed by atoms with Crippen LogP contribution < -0.4 is 10.5 Å². The van der Waals surface area contributed by atoms with E-state index in [2.05, 4.69) is 9.71 Å². The molecule has 104 valence electrons. The highest BCUT2D eigenvalue weighted by atomic mass is 35.5. The summed E-state index contributed by atoms with van der Waals surface area (Å²) in [7, 11) is -3.76. The Labute approximate surface area is 126 Å². The SMILES string of the molecule is NC(=S)c1ccc(Cl)c(NS(=O)(=O)c2cccnc2)c1. The number of nitrogens with two attached hydrogens (primary N) is 1. The van der Waals surface area contributed by atoms with Crippen molar-refractivity contribution in [2.45, 2.75) is 4.90 Å². The van der Waals surface area contributed by atoms with Gasteiger partial charge in [-0.1, -0.05) is 29.9 Å². The molecule has 1 heterocycles. The van der Waals surface area contributed by atoms with Crippen molar-refractivity contribution < 1.29 is 8.42 Å². The fraction of sp³-hybridized carbons (Fsp3) is 0. The van der Waals surface area contributed by atoms with Crippen molar-refractivity contribution >= 4 is 44.5 Å². The zero-order chi connectivity index (χ0) is 14.8. The van der Waals surface area contributed by atoms with Gasteiger partial charge in [0, 0.05) is 18.0 Å². The van der Waals surface area contributed by atoms with Crippen molar-refractivity contribution in [1.29, 1.82) is 0 Å². The van der Waals surface area contributed by atoms with Crippen molar-refractivity contribution in [3.63, 3.8) is 0 Å². The second-order valence-electron chi connectivity index (χ2n) is 3.85. The summed E-state index contributed by atoms with van der Waals surface area (Å²) < 4.78 is 26.7. The number of thiocarbonyl (C=S) groups is 1. The smallest absolute Gasteiger partial charge is 0.263 e. The van der Waals surface area contributed by atoms with Crippen LogP contribution in [0, 0.1) is 0 Å². The maximum absolute atomic E-state index is 12.2. The van der Waals surface area contributed by atoms with E-state index < -0.39 is 10.0 Å². The average Bonchev–Trinajstić information content (AvgIpc) is 2.42. The number of aromatic nitrogens is 1. The van der Waals surface area contributed by atoms with E-state index in [9.17, 15) is 8.42 Å². The van der Waals surface area contributed by atoms with Gasteiger partial charge in [0.05, 0.1) is 10.7 Å². The lowest BCUT2D eigenvalue weighted by Crippen LogP contribution is -2.15. The third kappa shape index (κ3) is 3.24. The fourth-order valence-corrected chi connectivity index (χ4v) is 2.85. The van der Waals surface area contributed by atoms with E-state index >= 15 is 0 Å². The Balaban J connectivity index is 2.39. The van der Waals surface area contributed by atoms with Crippen molar-refractivity contribution in [2.24, 2.45) is 5.73 Å². The van der Waals surface area contributed by atoms with Gasteiger partial charge < -0.3 is 5.73 Å². The quantitative estimate of drug-likeness (QED) is 0.841. The van der Waals surface area contributed by atoms with Gasteiger partial charge in [0.25, 0.3) is 10.0 Å². The topological polar surface area (TPSA) is 85.1 Å². The molecule has 0 unspecified atom stereocenters. The van der Waals surface area contributed by atoms with Crippen LogP contribution >= 0.6 is 23.8 Å². The Morgan fingerprint density at radius 1 is 1.35 bits per heavy atom. The van der Waals surface area contributed by atoms with Gasteiger partial charge in [-0.05, 0) is 24.3 Å². The molecule has 0 atom stereocenters. The first-order chi connectivity index (χ1) is 9.40. The third-order valence-corrected chi connectivity index (χ3v) is 4.36. The van der Waals surface area contributed by atoms with E-state index in [1.165, 1.54) is 36.7 Å². The summed E-state index contributed by atoms with van der Waals surface area (Å²) in [5.41, 5.74) is 6.24. The minimum absolute atomic E-state index is 0.0387. The number of nitrogens with one attached hydrogen (secondary N) is 1. The summed E-state index contributed by atoms with van der Waals surface area (Å²) in [5, 5.41) is 0.248. The summed E-state index contributed by atoms with van der Waals surface area (Å²) >= 11 is 10.8. The fourth-order valence-electron chi connectivity index (χ4n) is 1.47. The van der Waals surface area contributed by atoms with Crippen LogP contribution in [-0.2, 0) is 10.0 Å². The Bertz CT molecular complexity index is 749. The normalized spacial score (nSPS) is 11.1. The lowest BCUT2D eigenvalue weighted by Gasteiger charge is -2.10. The molecule has 1 aromatic heterocycles. The first-order valence-electron chi connectivity index (χ1n) is 5.42. The van der Waals surface area contributed by atoms with Gasteiger partial charge >= 0.3 is 0 Å². The number of nitrogens with zero attached hydrogens (tertiary/aromatic N) is 1. The second kappa shape index (κ2) is 5.74. The Morgan fingerprint density at radius 2 is 2.10 bits per heavy atom. The molecular weight excluding hydrogens is 318 g/mol. The Kier molecular flexibility index (Phi) is 4.22. The van der Waals surface area contributed by atoms with Gasteiger partial charge in [-0.2, -0.15) is 0 Å². The van der Waals surface area contributed by atoms with Crippen LogP contribution in [0.3, 0.4) is 0 Å². The number of hydrogen-bond donors (Lipinski definition) is 2. The first-order valence-corrected chi connectivity index (χ1v) is 7.69. The zero-order valence-electron chi connectivity index (χ0n) is 10.1. The molecule has 20 heavy (non-hydrogen) atoms. The number of rotatable bonds is 4. The molecule has 2 aromatic rings. The second-order valence-corrected chi connectivity index (χ2v) is 6.38. The largest absolute Gasteiger partial charge is 0.389 e. The van der Waals surface area contributed by atoms with Crippen LogP contribution in [0.1, 0.15) is 5.56 Å². The van der Waals surface area contributed by atoms with Gasteiger partial charge in [0.15, 0.2) is 0 Å². The molecule has 0 radical (unpaired) electrons. The van der Waals surface area contributed by atoms with Gasteiger partial charge in [-0.3, -0.25) is 9.71 Å². The summed E-state index contributed by atoms with van der Waals surface area (Å²) in [6.07, 6.45) is 2.73. The monoisotopic (exact) mass is 327 g/mol. The van der Waals surface area contributed by atoms with Crippen LogP contribution in [0.5, 0.6) is 0 Å². The predicted octanol–water partition coefficient (Wildman–Crippen LogP) is 2.17. The van der Waals surface area contributed by atoms with Crippen LogP contribution in [0.2, 0.25) is 5.02 Å².